The molecule has 1 aromatic heterocycles. The Morgan fingerprint density at radius 3 is 2.69 bits per heavy atom. The summed E-state index contributed by atoms with van der Waals surface area (Å²) in [5.74, 6) is 0.737. The van der Waals surface area contributed by atoms with Gasteiger partial charge < -0.3 is 4.57 Å². The van der Waals surface area contributed by atoms with Crippen LogP contribution in [-0.2, 0) is 18.4 Å². The lowest BCUT2D eigenvalue weighted by molar-refractivity contribution is 0.480. The van der Waals surface area contributed by atoms with Crippen molar-refractivity contribution in [3.05, 3.63) is 17.2 Å². The number of nitrogens with zero attached hydrogens (tertiary/aromatic N) is 4. The van der Waals surface area contributed by atoms with E-state index in [1.54, 1.807) is 0 Å². The van der Waals surface area contributed by atoms with Gasteiger partial charge in [0.2, 0.25) is 0 Å². The average molecular weight is 214 g/mol. The lowest BCUT2D eigenvalue weighted by Gasteiger charge is -2.21. The van der Waals surface area contributed by atoms with E-state index in [1.807, 2.05) is 13.8 Å². The number of imidazole rings is 1. The summed E-state index contributed by atoms with van der Waals surface area (Å²) in [4.78, 5) is 4.33. The summed E-state index contributed by atoms with van der Waals surface area (Å²) in [5.41, 5.74) is 0.881. The van der Waals surface area contributed by atoms with Crippen molar-refractivity contribution >= 4 is 0 Å². The standard InChI is InChI=1S/C12H14N4/c1-12(2,8-14)11-15-9(7-13)10-5-3-4-6-16(10)11/h3-6H2,1-2H3. The second-order valence-corrected chi connectivity index (χ2v) is 4.69. The van der Waals surface area contributed by atoms with Crippen LogP contribution in [0.5, 0.6) is 0 Å². The second kappa shape index (κ2) is 3.64. The zero-order valence-electron chi connectivity index (χ0n) is 9.62. The summed E-state index contributed by atoms with van der Waals surface area (Å²) in [6.45, 7) is 4.57. The first-order valence-corrected chi connectivity index (χ1v) is 5.51. The van der Waals surface area contributed by atoms with Gasteiger partial charge in [-0.2, -0.15) is 10.5 Å². The van der Waals surface area contributed by atoms with Crippen LogP contribution in [-0.4, -0.2) is 9.55 Å². The third-order valence-corrected chi connectivity index (χ3v) is 3.06. The van der Waals surface area contributed by atoms with Crippen molar-refractivity contribution in [3.8, 4) is 12.1 Å². The third-order valence-electron chi connectivity index (χ3n) is 3.06. The Morgan fingerprint density at radius 2 is 2.06 bits per heavy atom. The molecule has 0 atom stereocenters. The predicted octanol–water partition coefficient (Wildman–Crippen LogP) is 1.89. The predicted molar refractivity (Wildman–Crippen MR) is 58.5 cm³/mol. The molecule has 0 fully saturated rings. The van der Waals surface area contributed by atoms with Gasteiger partial charge in [0, 0.05) is 6.54 Å². The van der Waals surface area contributed by atoms with Crippen LogP contribution in [0.4, 0.5) is 0 Å². The highest BCUT2D eigenvalue weighted by atomic mass is 15.1. The van der Waals surface area contributed by atoms with Crippen LogP contribution in [0.1, 0.15) is 43.9 Å². The molecular formula is C12H14N4. The Balaban J connectivity index is 2.61. The molecule has 0 unspecified atom stereocenters. The van der Waals surface area contributed by atoms with Gasteiger partial charge >= 0.3 is 0 Å². The normalized spacial score (nSPS) is 15.0. The van der Waals surface area contributed by atoms with Gasteiger partial charge in [-0.05, 0) is 33.1 Å². The fourth-order valence-corrected chi connectivity index (χ4v) is 2.16. The molecule has 0 radical (unpaired) electrons. The van der Waals surface area contributed by atoms with E-state index in [-0.39, 0.29) is 0 Å². The maximum absolute atomic E-state index is 9.14. The molecule has 0 aliphatic carbocycles. The lowest BCUT2D eigenvalue weighted by Crippen LogP contribution is -2.23. The van der Waals surface area contributed by atoms with E-state index in [2.05, 4.69) is 21.7 Å². The fourth-order valence-electron chi connectivity index (χ4n) is 2.16. The molecule has 0 N–H and O–H groups in total. The van der Waals surface area contributed by atoms with Gasteiger partial charge in [0.15, 0.2) is 5.69 Å². The fraction of sp³-hybridized carbons (Fsp3) is 0.583. The molecular weight excluding hydrogens is 200 g/mol. The van der Waals surface area contributed by atoms with Crippen LogP contribution in [0.3, 0.4) is 0 Å². The number of fused-ring (bicyclic) bond motifs is 1. The van der Waals surface area contributed by atoms with E-state index in [9.17, 15) is 0 Å². The first-order chi connectivity index (χ1) is 7.60. The molecule has 2 heterocycles. The molecule has 0 spiro atoms. The zero-order valence-corrected chi connectivity index (χ0v) is 9.62. The number of hydrogen-bond acceptors (Lipinski definition) is 3. The number of rotatable bonds is 1. The summed E-state index contributed by atoms with van der Waals surface area (Å²) in [6, 6.07) is 4.38. The van der Waals surface area contributed by atoms with Gasteiger partial charge in [-0.1, -0.05) is 0 Å². The second-order valence-electron chi connectivity index (χ2n) is 4.69. The molecule has 0 saturated carbocycles. The first-order valence-electron chi connectivity index (χ1n) is 5.51. The van der Waals surface area contributed by atoms with Crippen molar-refractivity contribution < 1.29 is 0 Å². The molecule has 82 valence electrons. The van der Waals surface area contributed by atoms with E-state index < -0.39 is 5.41 Å². The Hall–Kier alpha value is -1.81. The van der Waals surface area contributed by atoms with Crippen molar-refractivity contribution in [1.29, 1.82) is 10.5 Å². The molecule has 1 aliphatic heterocycles. The topological polar surface area (TPSA) is 65.4 Å². The van der Waals surface area contributed by atoms with Gasteiger partial charge in [0.1, 0.15) is 17.3 Å². The molecule has 4 heteroatoms. The molecule has 0 aromatic carbocycles. The Bertz CT molecular complexity index is 496. The zero-order chi connectivity index (χ0) is 11.8. The molecule has 16 heavy (non-hydrogen) atoms. The Morgan fingerprint density at radius 1 is 1.31 bits per heavy atom. The van der Waals surface area contributed by atoms with Gasteiger partial charge in [0.05, 0.1) is 11.8 Å². The molecule has 2 rings (SSSR count). The summed E-state index contributed by atoms with van der Waals surface area (Å²) in [6.07, 6.45) is 3.10. The molecule has 0 amide bonds. The molecule has 1 aromatic rings. The van der Waals surface area contributed by atoms with E-state index in [4.69, 9.17) is 10.5 Å². The van der Waals surface area contributed by atoms with Crippen molar-refractivity contribution in [2.24, 2.45) is 0 Å². The van der Waals surface area contributed by atoms with E-state index in [0.29, 0.717) is 5.69 Å². The monoisotopic (exact) mass is 214 g/mol. The highest BCUT2D eigenvalue weighted by Crippen LogP contribution is 2.28. The van der Waals surface area contributed by atoms with E-state index in [1.165, 1.54) is 0 Å². The highest BCUT2D eigenvalue weighted by molar-refractivity contribution is 5.34. The van der Waals surface area contributed by atoms with Crippen molar-refractivity contribution in [3.63, 3.8) is 0 Å². The highest BCUT2D eigenvalue weighted by Gasteiger charge is 2.30. The quantitative estimate of drug-likeness (QED) is 0.717. The molecule has 0 saturated heterocycles. The van der Waals surface area contributed by atoms with Crippen molar-refractivity contribution in [2.45, 2.75) is 45.1 Å². The Kier molecular flexibility index (Phi) is 2.44. The van der Waals surface area contributed by atoms with Gasteiger partial charge in [-0.25, -0.2) is 4.98 Å². The van der Waals surface area contributed by atoms with Crippen molar-refractivity contribution in [2.75, 3.05) is 0 Å². The van der Waals surface area contributed by atoms with Crippen LogP contribution in [0.15, 0.2) is 0 Å². The van der Waals surface area contributed by atoms with E-state index in [0.717, 1.165) is 37.3 Å². The minimum absolute atomic E-state index is 0.498. The molecule has 1 aliphatic rings. The lowest BCUT2D eigenvalue weighted by atomic mass is 9.94. The summed E-state index contributed by atoms with van der Waals surface area (Å²) in [5, 5.41) is 18.2. The summed E-state index contributed by atoms with van der Waals surface area (Å²) >= 11 is 0. The summed E-state index contributed by atoms with van der Waals surface area (Å²) in [7, 11) is 0. The molecule has 0 bridgehead atoms. The van der Waals surface area contributed by atoms with Crippen LogP contribution < -0.4 is 0 Å². The number of aromatic nitrogens is 2. The van der Waals surface area contributed by atoms with Crippen LogP contribution in [0.2, 0.25) is 0 Å². The van der Waals surface area contributed by atoms with Crippen LogP contribution in [0.25, 0.3) is 0 Å². The first kappa shape index (κ1) is 10.7. The summed E-state index contributed by atoms with van der Waals surface area (Å²) < 4.78 is 2.06. The van der Waals surface area contributed by atoms with Gasteiger partial charge in [-0.3, -0.25) is 0 Å². The number of hydrogen-bond donors (Lipinski definition) is 0. The Labute approximate surface area is 95.1 Å². The minimum atomic E-state index is -0.624. The third kappa shape index (κ3) is 1.47. The van der Waals surface area contributed by atoms with Crippen LogP contribution >= 0.6 is 0 Å². The minimum Gasteiger partial charge on any atom is -0.329 e. The molecule has 4 nitrogen and oxygen atoms in total. The smallest absolute Gasteiger partial charge is 0.162 e. The average Bonchev–Trinajstić information content (AvgIpc) is 2.68. The number of nitriles is 2. The van der Waals surface area contributed by atoms with Gasteiger partial charge in [-0.15, -0.1) is 0 Å². The SMILES string of the molecule is CC(C)(C#N)c1nc(C#N)c2n1CCCC2. The maximum Gasteiger partial charge on any atom is 0.162 e. The maximum atomic E-state index is 9.14. The van der Waals surface area contributed by atoms with Crippen LogP contribution in [0, 0.1) is 22.7 Å². The van der Waals surface area contributed by atoms with Crippen molar-refractivity contribution in [1.82, 2.24) is 9.55 Å². The van der Waals surface area contributed by atoms with E-state index >= 15 is 0 Å². The van der Waals surface area contributed by atoms with Gasteiger partial charge in [0.25, 0.3) is 0 Å². The largest absolute Gasteiger partial charge is 0.329 e.